The van der Waals surface area contributed by atoms with Crippen molar-refractivity contribution in [1.29, 1.82) is 0 Å². The number of nitrogens with zero attached hydrogens (tertiary/aromatic N) is 3. The quantitative estimate of drug-likeness (QED) is 0.646. The summed E-state index contributed by atoms with van der Waals surface area (Å²) in [6.07, 6.45) is 3.29. The molecule has 1 saturated carbocycles. The molecule has 1 aliphatic carbocycles. The van der Waals surface area contributed by atoms with Crippen LogP contribution >= 0.6 is 0 Å². The van der Waals surface area contributed by atoms with E-state index < -0.39 is 10.0 Å². The Morgan fingerprint density at radius 2 is 1.77 bits per heavy atom. The Morgan fingerprint density at radius 3 is 2.27 bits per heavy atom. The molecule has 0 saturated heterocycles. The second kappa shape index (κ2) is 8.83. The largest absolute Gasteiger partial charge is 0.378 e. The highest BCUT2D eigenvalue weighted by atomic mass is 32.2. The van der Waals surface area contributed by atoms with Crippen molar-refractivity contribution in [1.82, 2.24) is 14.5 Å². The van der Waals surface area contributed by atoms with Gasteiger partial charge < -0.3 is 9.80 Å². The first kappa shape index (κ1) is 20.7. The molecule has 1 fully saturated rings. The topological polar surface area (TPSA) is 73.0 Å². The molecule has 26 heavy (non-hydrogen) atoms. The van der Waals surface area contributed by atoms with Crippen LogP contribution in [0.25, 0.3) is 0 Å². The smallest absolute Gasteiger partial charge is 0.236 e. The predicted molar refractivity (Wildman–Crippen MR) is 105 cm³/mol. The lowest BCUT2D eigenvalue weighted by atomic mass is 10.2. The molecule has 0 heterocycles. The van der Waals surface area contributed by atoms with Crippen molar-refractivity contribution in [2.45, 2.75) is 25.4 Å². The average Bonchev–Trinajstić information content (AvgIpc) is 3.38. The molecular formula is C18H30N4O3S. The Labute approximate surface area is 157 Å². The van der Waals surface area contributed by atoms with Crippen LogP contribution in [0.2, 0.25) is 0 Å². The number of rotatable bonds is 10. The van der Waals surface area contributed by atoms with Gasteiger partial charge >= 0.3 is 0 Å². The minimum atomic E-state index is -3.20. The molecule has 0 atom stereocenters. The minimum Gasteiger partial charge on any atom is -0.378 e. The highest BCUT2D eigenvalue weighted by Gasteiger charge is 2.30. The van der Waals surface area contributed by atoms with Gasteiger partial charge in [-0.05, 0) is 30.5 Å². The number of hydrogen-bond donors (Lipinski definition) is 1. The predicted octanol–water partition coefficient (Wildman–Crippen LogP) is 0.725. The first-order valence-electron chi connectivity index (χ1n) is 8.84. The zero-order valence-electron chi connectivity index (χ0n) is 16.1. The standard InChI is InChI=1S/C18H30N4O3S/c1-20(2)16-7-5-15(6-8-16)13-21(3)18(23)14-22(17-9-10-17)12-11-19-26(4,24)25/h5-8,17,19H,9-14H2,1-4H3. The van der Waals surface area contributed by atoms with Gasteiger partial charge in [-0.2, -0.15) is 0 Å². The summed E-state index contributed by atoms with van der Waals surface area (Å²) in [5, 5.41) is 0. The molecule has 8 heteroatoms. The molecule has 2 rings (SSSR count). The first-order valence-corrected chi connectivity index (χ1v) is 10.7. The van der Waals surface area contributed by atoms with Gasteiger partial charge in [0.25, 0.3) is 0 Å². The second-order valence-electron chi connectivity index (χ2n) is 7.18. The van der Waals surface area contributed by atoms with Gasteiger partial charge in [0.1, 0.15) is 0 Å². The van der Waals surface area contributed by atoms with Crippen molar-refractivity contribution in [2.24, 2.45) is 0 Å². The van der Waals surface area contributed by atoms with Crippen LogP contribution in [0.3, 0.4) is 0 Å². The molecule has 1 aliphatic rings. The van der Waals surface area contributed by atoms with Crippen molar-refractivity contribution >= 4 is 21.6 Å². The lowest BCUT2D eigenvalue weighted by molar-refractivity contribution is -0.131. The molecule has 0 bridgehead atoms. The van der Waals surface area contributed by atoms with Crippen LogP contribution in [0.5, 0.6) is 0 Å². The molecule has 1 aromatic carbocycles. The van der Waals surface area contributed by atoms with E-state index in [1.807, 2.05) is 50.3 Å². The maximum absolute atomic E-state index is 12.6. The van der Waals surface area contributed by atoms with Gasteiger partial charge in [-0.15, -0.1) is 0 Å². The first-order chi connectivity index (χ1) is 12.2. The lowest BCUT2D eigenvalue weighted by Gasteiger charge is -2.25. The maximum Gasteiger partial charge on any atom is 0.236 e. The highest BCUT2D eigenvalue weighted by Crippen LogP contribution is 2.26. The summed E-state index contributed by atoms with van der Waals surface area (Å²) in [6, 6.07) is 8.55. The Balaban J connectivity index is 1.85. The zero-order chi connectivity index (χ0) is 19.3. The van der Waals surface area contributed by atoms with Gasteiger partial charge in [0.05, 0.1) is 12.8 Å². The Kier molecular flexibility index (Phi) is 7.02. The summed E-state index contributed by atoms with van der Waals surface area (Å²) >= 11 is 0. The SMILES string of the molecule is CN(Cc1ccc(N(C)C)cc1)C(=O)CN(CCNS(C)(=O)=O)C1CC1. The number of nitrogens with one attached hydrogen (secondary N) is 1. The molecule has 1 aromatic rings. The van der Waals surface area contributed by atoms with E-state index in [-0.39, 0.29) is 5.91 Å². The Hall–Kier alpha value is -1.64. The van der Waals surface area contributed by atoms with E-state index in [4.69, 9.17) is 0 Å². The molecule has 0 radical (unpaired) electrons. The Morgan fingerprint density at radius 1 is 1.15 bits per heavy atom. The normalized spacial score (nSPS) is 14.5. The van der Waals surface area contributed by atoms with Crippen LogP contribution in [-0.4, -0.2) is 77.2 Å². The van der Waals surface area contributed by atoms with Gasteiger partial charge in [-0.1, -0.05) is 12.1 Å². The van der Waals surface area contributed by atoms with Crippen LogP contribution in [0.1, 0.15) is 18.4 Å². The molecule has 0 spiro atoms. The molecular weight excluding hydrogens is 352 g/mol. The lowest BCUT2D eigenvalue weighted by Crippen LogP contribution is -2.42. The van der Waals surface area contributed by atoms with Crippen LogP contribution in [0.4, 0.5) is 5.69 Å². The highest BCUT2D eigenvalue weighted by molar-refractivity contribution is 7.88. The van der Waals surface area contributed by atoms with Gasteiger partial charge in [0.15, 0.2) is 0 Å². The third kappa shape index (κ3) is 6.93. The third-order valence-corrected chi connectivity index (χ3v) is 5.19. The summed E-state index contributed by atoms with van der Waals surface area (Å²) in [5.41, 5.74) is 2.21. The summed E-state index contributed by atoms with van der Waals surface area (Å²) in [4.78, 5) is 18.4. The van der Waals surface area contributed by atoms with Crippen molar-refractivity contribution in [3.8, 4) is 0 Å². The van der Waals surface area contributed by atoms with Crippen molar-refractivity contribution in [2.75, 3.05) is 51.9 Å². The number of carbonyl (C=O) groups excluding carboxylic acids is 1. The Bertz CT molecular complexity index is 700. The van der Waals surface area contributed by atoms with Crippen LogP contribution in [-0.2, 0) is 21.4 Å². The van der Waals surface area contributed by atoms with E-state index in [0.29, 0.717) is 32.2 Å². The van der Waals surface area contributed by atoms with Gasteiger partial charge in [-0.25, -0.2) is 13.1 Å². The summed E-state index contributed by atoms with van der Waals surface area (Å²) in [7, 11) is 2.60. The van der Waals surface area contributed by atoms with E-state index >= 15 is 0 Å². The van der Waals surface area contributed by atoms with E-state index in [2.05, 4.69) is 9.62 Å². The second-order valence-corrected chi connectivity index (χ2v) is 9.01. The van der Waals surface area contributed by atoms with Gasteiger partial charge in [0, 0.05) is 52.5 Å². The average molecular weight is 383 g/mol. The number of hydrogen-bond acceptors (Lipinski definition) is 5. The number of likely N-dealkylation sites (N-methyl/N-ethyl adjacent to an activating group) is 1. The number of sulfonamides is 1. The van der Waals surface area contributed by atoms with E-state index in [0.717, 1.165) is 30.3 Å². The molecule has 0 unspecified atom stereocenters. The van der Waals surface area contributed by atoms with Crippen molar-refractivity contribution < 1.29 is 13.2 Å². The monoisotopic (exact) mass is 382 g/mol. The number of benzene rings is 1. The number of amides is 1. The van der Waals surface area contributed by atoms with E-state index in [1.165, 1.54) is 0 Å². The fourth-order valence-electron chi connectivity index (χ4n) is 2.76. The summed E-state index contributed by atoms with van der Waals surface area (Å²) in [6.45, 7) is 1.77. The number of anilines is 1. The van der Waals surface area contributed by atoms with Crippen LogP contribution < -0.4 is 9.62 Å². The molecule has 1 N–H and O–H groups in total. The molecule has 146 valence electrons. The summed E-state index contributed by atoms with van der Waals surface area (Å²) in [5.74, 6) is 0.0490. The van der Waals surface area contributed by atoms with Crippen molar-refractivity contribution in [3.63, 3.8) is 0 Å². The minimum absolute atomic E-state index is 0.0490. The van der Waals surface area contributed by atoms with Gasteiger partial charge in [0.2, 0.25) is 15.9 Å². The van der Waals surface area contributed by atoms with Crippen molar-refractivity contribution in [3.05, 3.63) is 29.8 Å². The maximum atomic E-state index is 12.6. The van der Waals surface area contributed by atoms with Crippen LogP contribution in [0, 0.1) is 0 Å². The van der Waals surface area contributed by atoms with E-state index in [9.17, 15) is 13.2 Å². The van der Waals surface area contributed by atoms with Crippen LogP contribution in [0.15, 0.2) is 24.3 Å². The molecule has 0 aromatic heterocycles. The molecule has 7 nitrogen and oxygen atoms in total. The van der Waals surface area contributed by atoms with E-state index in [1.54, 1.807) is 4.90 Å². The number of carbonyl (C=O) groups is 1. The molecule has 0 aliphatic heterocycles. The third-order valence-electron chi connectivity index (χ3n) is 4.46. The zero-order valence-corrected chi connectivity index (χ0v) is 16.9. The molecule has 1 amide bonds. The summed E-state index contributed by atoms with van der Waals surface area (Å²) < 4.78 is 24.9. The fourth-order valence-corrected chi connectivity index (χ4v) is 3.22. The van der Waals surface area contributed by atoms with Gasteiger partial charge in [-0.3, -0.25) is 9.69 Å². The fraction of sp³-hybridized carbons (Fsp3) is 0.611.